The zero-order chi connectivity index (χ0) is 20.7. The molecule has 1 rings (SSSR count). The van der Waals surface area contributed by atoms with E-state index in [0.29, 0.717) is 0 Å². The summed E-state index contributed by atoms with van der Waals surface area (Å²) in [4.78, 5) is 32.6. The van der Waals surface area contributed by atoms with Crippen LogP contribution in [-0.2, 0) is 33.7 Å². The first-order valence-electron chi connectivity index (χ1n) is 7.94. The van der Waals surface area contributed by atoms with Crippen LogP contribution in [-0.4, -0.2) is 61.4 Å². The number of aromatic nitrogens is 1. The molecule has 1 aromatic heterocycles. The molecule has 1 aromatic rings. The molecular formula is C15H23N3O7S2. The first-order valence-corrected chi connectivity index (χ1v) is 10.6. The monoisotopic (exact) mass is 421 g/mol. The summed E-state index contributed by atoms with van der Waals surface area (Å²) in [6, 6.07) is 0. The Kier molecular flexibility index (Phi) is 8.16. The number of anilines is 1. The van der Waals surface area contributed by atoms with E-state index < -0.39 is 34.0 Å². The van der Waals surface area contributed by atoms with Crippen molar-refractivity contribution >= 4 is 44.0 Å². The molecule has 27 heavy (non-hydrogen) atoms. The molecule has 152 valence electrons. The molecule has 0 aliphatic carbocycles. The maximum Gasteiger partial charge on any atom is 0.362 e. The number of rotatable bonds is 9. The number of carbonyl (C=O) groups excluding carboxylic acids is 2. The molecule has 1 heterocycles. The molecule has 0 fully saturated rings. The fraction of sp³-hybridized carbons (Fsp3) is 0.600. The smallest absolute Gasteiger partial charge is 0.362 e. The number of hydrogen-bond donors (Lipinski definition) is 1. The predicted octanol–water partition coefficient (Wildman–Crippen LogP) is 0.766. The van der Waals surface area contributed by atoms with E-state index in [1.165, 1.54) is 12.3 Å². The summed E-state index contributed by atoms with van der Waals surface area (Å²) in [5.41, 5.74) is 4.60. The molecule has 12 heteroatoms. The number of thiazole rings is 1. The van der Waals surface area contributed by atoms with Crippen LogP contribution < -0.4 is 5.73 Å². The van der Waals surface area contributed by atoms with E-state index in [9.17, 15) is 18.0 Å². The Morgan fingerprint density at radius 2 is 2.00 bits per heavy atom. The van der Waals surface area contributed by atoms with Crippen LogP contribution in [0.1, 0.15) is 33.4 Å². The van der Waals surface area contributed by atoms with Crippen LogP contribution in [0.5, 0.6) is 0 Å². The Hall–Kier alpha value is -2.21. The van der Waals surface area contributed by atoms with Crippen LogP contribution in [0, 0.1) is 0 Å². The molecule has 0 spiro atoms. The van der Waals surface area contributed by atoms with Gasteiger partial charge in [0.2, 0.25) is 12.3 Å². The van der Waals surface area contributed by atoms with Crippen molar-refractivity contribution in [1.29, 1.82) is 0 Å². The van der Waals surface area contributed by atoms with Gasteiger partial charge in [-0.2, -0.15) is 0 Å². The van der Waals surface area contributed by atoms with Crippen LogP contribution in [0.3, 0.4) is 0 Å². The number of ether oxygens (including phenoxy) is 2. The van der Waals surface area contributed by atoms with Crippen molar-refractivity contribution in [2.24, 2.45) is 5.16 Å². The molecule has 0 amide bonds. The van der Waals surface area contributed by atoms with Gasteiger partial charge in [0.15, 0.2) is 15.0 Å². The molecule has 0 saturated carbocycles. The Balaban J connectivity index is 2.79. The third kappa shape index (κ3) is 8.82. The van der Waals surface area contributed by atoms with Crippen LogP contribution in [0.15, 0.2) is 10.5 Å². The van der Waals surface area contributed by atoms with Gasteiger partial charge in [0.05, 0.1) is 5.75 Å². The number of nitrogen functional groups attached to an aromatic ring is 1. The standard InChI is InChI=1S/C15H23N3O7S2/c1-5-27(21,22)7-6-23-13(20)12(10-9-26-14(16)17-10)18-24-8-11(19)25-15(2,3)4/h9H,5-8H2,1-4H3,(H2,16,17)/b18-12-. The van der Waals surface area contributed by atoms with Crippen molar-refractivity contribution in [3.8, 4) is 0 Å². The van der Waals surface area contributed by atoms with Gasteiger partial charge in [0.1, 0.15) is 17.9 Å². The first kappa shape index (κ1) is 22.8. The second-order valence-corrected chi connectivity index (χ2v) is 9.61. The van der Waals surface area contributed by atoms with Gasteiger partial charge in [0.25, 0.3) is 0 Å². The minimum atomic E-state index is -3.29. The molecule has 10 nitrogen and oxygen atoms in total. The Labute approximate surface area is 161 Å². The predicted molar refractivity (Wildman–Crippen MR) is 100 cm³/mol. The highest BCUT2D eigenvalue weighted by molar-refractivity contribution is 7.91. The molecule has 0 bridgehead atoms. The Bertz CT molecular complexity index is 795. The lowest BCUT2D eigenvalue weighted by Gasteiger charge is -2.18. The zero-order valence-corrected chi connectivity index (χ0v) is 17.2. The summed E-state index contributed by atoms with van der Waals surface area (Å²) in [5.74, 6) is -2.00. The number of oxime groups is 1. The average Bonchev–Trinajstić information content (AvgIpc) is 2.95. The van der Waals surface area contributed by atoms with Gasteiger partial charge in [-0.3, -0.25) is 0 Å². The number of hydrogen-bond acceptors (Lipinski definition) is 11. The van der Waals surface area contributed by atoms with Gasteiger partial charge in [-0.25, -0.2) is 23.0 Å². The van der Waals surface area contributed by atoms with Gasteiger partial charge in [-0.1, -0.05) is 12.1 Å². The second kappa shape index (κ2) is 9.65. The van der Waals surface area contributed by atoms with Gasteiger partial charge in [-0.15, -0.1) is 11.3 Å². The highest BCUT2D eigenvalue weighted by atomic mass is 32.2. The van der Waals surface area contributed by atoms with Crippen LogP contribution >= 0.6 is 11.3 Å². The Morgan fingerprint density at radius 1 is 1.33 bits per heavy atom. The van der Waals surface area contributed by atoms with Crippen molar-refractivity contribution in [3.05, 3.63) is 11.1 Å². The Morgan fingerprint density at radius 3 is 2.52 bits per heavy atom. The number of sulfone groups is 1. The maximum atomic E-state index is 12.2. The number of esters is 2. The van der Waals surface area contributed by atoms with Crippen LogP contribution in [0.2, 0.25) is 0 Å². The third-order valence-corrected chi connectivity index (χ3v) is 5.13. The van der Waals surface area contributed by atoms with Gasteiger partial charge in [-0.05, 0) is 20.8 Å². The molecule has 2 N–H and O–H groups in total. The van der Waals surface area contributed by atoms with E-state index >= 15 is 0 Å². The van der Waals surface area contributed by atoms with Crippen molar-refractivity contribution in [1.82, 2.24) is 4.98 Å². The number of nitrogens with zero attached hydrogens (tertiary/aromatic N) is 2. The number of nitrogens with two attached hydrogens (primary N) is 1. The van der Waals surface area contributed by atoms with E-state index in [0.717, 1.165) is 11.3 Å². The quantitative estimate of drug-likeness (QED) is 0.347. The topological polar surface area (TPSA) is 147 Å². The van der Waals surface area contributed by atoms with E-state index in [2.05, 4.69) is 10.1 Å². The SMILES string of the molecule is CCS(=O)(=O)CCOC(=O)/C(=N\OCC(=O)OC(C)(C)C)c1csc(N)n1. The van der Waals surface area contributed by atoms with Crippen molar-refractivity contribution in [2.75, 3.05) is 30.5 Å². The minimum Gasteiger partial charge on any atom is -0.460 e. The normalized spacial score (nSPS) is 12.5. The van der Waals surface area contributed by atoms with E-state index in [4.69, 9.17) is 20.0 Å². The summed E-state index contributed by atoms with van der Waals surface area (Å²) >= 11 is 1.06. The molecule has 0 unspecified atom stereocenters. The summed E-state index contributed by atoms with van der Waals surface area (Å²) < 4.78 is 32.9. The van der Waals surface area contributed by atoms with Gasteiger partial charge < -0.3 is 20.0 Å². The van der Waals surface area contributed by atoms with Crippen molar-refractivity contribution in [2.45, 2.75) is 33.3 Å². The summed E-state index contributed by atoms with van der Waals surface area (Å²) in [7, 11) is -3.29. The summed E-state index contributed by atoms with van der Waals surface area (Å²) in [5, 5.41) is 5.23. The lowest BCUT2D eigenvalue weighted by molar-refractivity contribution is -0.160. The molecule has 0 radical (unpaired) electrons. The molecular weight excluding hydrogens is 398 g/mol. The summed E-state index contributed by atoms with van der Waals surface area (Å²) in [6.45, 7) is 5.70. The van der Waals surface area contributed by atoms with Crippen molar-refractivity contribution < 1.29 is 32.3 Å². The largest absolute Gasteiger partial charge is 0.460 e. The van der Waals surface area contributed by atoms with E-state index in [1.54, 1.807) is 20.8 Å². The molecule has 0 atom stereocenters. The minimum absolute atomic E-state index is 0.0624. The number of carbonyl (C=O) groups is 2. The van der Waals surface area contributed by atoms with Crippen molar-refractivity contribution in [3.63, 3.8) is 0 Å². The lowest BCUT2D eigenvalue weighted by Crippen LogP contribution is -2.27. The fourth-order valence-corrected chi connectivity index (χ4v) is 2.75. The molecule has 0 aliphatic rings. The second-order valence-electron chi connectivity index (χ2n) is 6.24. The lowest BCUT2D eigenvalue weighted by atomic mass is 10.2. The highest BCUT2D eigenvalue weighted by Gasteiger charge is 2.22. The van der Waals surface area contributed by atoms with Crippen LogP contribution in [0.4, 0.5) is 5.13 Å². The molecule has 0 aromatic carbocycles. The zero-order valence-electron chi connectivity index (χ0n) is 15.6. The van der Waals surface area contributed by atoms with Crippen LogP contribution in [0.25, 0.3) is 0 Å². The highest BCUT2D eigenvalue weighted by Crippen LogP contribution is 2.13. The molecule has 0 saturated heterocycles. The van der Waals surface area contributed by atoms with E-state index in [-0.39, 0.29) is 34.6 Å². The van der Waals surface area contributed by atoms with Gasteiger partial charge in [0, 0.05) is 11.1 Å². The molecule has 0 aliphatic heterocycles. The third-order valence-electron chi connectivity index (χ3n) is 2.78. The first-order chi connectivity index (χ1) is 12.4. The van der Waals surface area contributed by atoms with E-state index in [1.807, 2.05) is 0 Å². The maximum absolute atomic E-state index is 12.2. The van der Waals surface area contributed by atoms with Gasteiger partial charge >= 0.3 is 11.9 Å². The average molecular weight is 421 g/mol. The summed E-state index contributed by atoms with van der Waals surface area (Å²) in [6.07, 6.45) is 0. The fourth-order valence-electron chi connectivity index (χ4n) is 1.58.